The Hall–Kier alpha value is -1.85. The van der Waals surface area contributed by atoms with Crippen molar-refractivity contribution in [3.8, 4) is 0 Å². The van der Waals surface area contributed by atoms with Gasteiger partial charge in [-0.25, -0.2) is 4.98 Å². The quantitative estimate of drug-likeness (QED) is 0.577. The van der Waals surface area contributed by atoms with Crippen LogP contribution in [0, 0.1) is 0 Å². The molecule has 0 saturated heterocycles. The monoisotopic (exact) mass is 179 g/mol. The standard InChI is InChI=1S/C7H9N5O/c1-11-6(13)5-4(10-7(11)8)3-9-12(5)2/h3H,1-2H3,(H2,8,10). The molecular formula is C7H9N5O. The van der Waals surface area contributed by atoms with Crippen LogP contribution in [0.3, 0.4) is 0 Å². The molecule has 0 amide bonds. The van der Waals surface area contributed by atoms with Gasteiger partial charge >= 0.3 is 0 Å². The van der Waals surface area contributed by atoms with Crippen molar-refractivity contribution in [3.05, 3.63) is 16.6 Å². The minimum atomic E-state index is -0.178. The average Bonchev–Trinajstić information content (AvgIpc) is 2.43. The van der Waals surface area contributed by atoms with E-state index in [0.717, 1.165) is 0 Å². The molecule has 0 fully saturated rings. The molecule has 6 heteroatoms. The third-order valence-corrected chi connectivity index (χ3v) is 2.01. The second-order valence-electron chi connectivity index (χ2n) is 2.84. The third-order valence-electron chi connectivity index (χ3n) is 2.01. The Morgan fingerprint density at radius 2 is 2.15 bits per heavy atom. The van der Waals surface area contributed by atoms with E-state index >= 15 is 0 Å². The van der Waals surface area contributed by atoms with Crippen LogP contribution < -0.4 is 11.3 Å². The van der Waals surface area contributed by atoms with Gasteiger partial charge in [0.15, 0.2) is 5.52 Å². The fourth-order valence-electron chi connectivity index (χ4n) is 1.22. The van der Waals surface area contributed by atoms with Crippen molar-refractivity contribution in [1.29, 1.82) is 0 Å². The molecule has 2 N–H and O–H groups in total. The Labute approximate surface area is 73.6 Å². The molecular weight excluding hydrogens is 170 g/mol. The van der Waals surface area contributed by atoms with E-state index in [1.165, 1.54) is 15.4 Å². The summed E-state index contributed by atoms with van der Waals surface area (Å²) in [6, 6.07) is 0. The van der Waals surface area contributed by atoms with E-state index < -0.39 is 0 Å². The molecule has 0 bridgehead atoms. The maximum atomic E-state index is 11.6. The molecule has 2 heterocycles. The van der Waals surface area contributed by atoms with Crippen molar-refractivity contribution in [2.24, 2.45) is 14.1 Å². The van der Waals surface area contributed by atoms with Gasteiger partial charge in [-0.05, 0) is 0 Å². The second kappa shape index (κ2) is 2.32. The highest BCUT2D eigenvalue weighted by Crippen LogP contribution is 2.05. The van der Waals surface area contributed by atoms with Gasteiger partial charge < -0.3 is 5.73 Å². The van der Waals surface area contributed by atoms with Crippen molar-refractivity contribution in [2.75, 3.05) is 5.73 Å². The first-order chi connectivity index (χ1) is 6.11. The number of rotatable bonds is 0. The van der Waals surface area contributed by atoms with E-state index in [0.29, 0.717) is 11.0 Å². The summed E-state index contributed by atoms with van der Waals surface area (Å²) in [5.41, 5.74) is 6.33. The molecule has 6 nitrogen and oxygen atoms in total. The Kier molecular flexibility index (Phi) is 1.39. The third kappa shape index (κ3) is 0.915. The van der Waals surface area contributed by atoms with Crippen LogP contribution in [-0.4, -0.2) is 19.3 Å². The highest BCUT2D eigenvalue weighted by molar-refractivity contribution is 5.73. The molecule has 0 aliphatic carbocycles. The Bertz CT molecular complexity index is 523. The van der Waals surface area contributed by atoms with Gasteiger partial charge in [0.2, 0.25) is 5.95 Å². The molecule has 0 saturated carbocycles. The van der Waals surface area contributed by atoms with E-state index in [1.54, 1.807) is 14.1 Å². The van der Waals surface area contributed by atoms with Crippen molar-refractivity contribution in [2.45, 2.75) is 0 Å². The van der Waals surface area contributed by atoms with Gasteiger partial charge in [-0.1, -0.05) is 0 Å². The molecule has 0 unspecified atom stereocenters. The predicted octanol–water partition coefficient (Wildman–Crippen LogP) is -0.751. The van der Waals surface area contributed by atoms with Gasteiger partial charge in [-0.2, -0.15) is 5.10 Å². The van der Waals surface area contributed by atoms with Gasteiger partial charge in [-0.3, -0.25) is 14.0 Å². The summed E-state index contributed by atoms with van der Waals surface area (Å²) >= 11 is 0. The average molecular weight is 179 g/mol. The fraction of sp³-hybridized carbons (Fsp3) is 0.286. The lowest BCUT2D eigenvalue weighted by molar-refractivity contribution is 0.777. The molecule has 2 aromatic rings. The molecule has 2 rings (SSSR count). The minimum Gasteiger partial charge on any atom is -0.369 e. The Morgan fingerprint density at radius 1 is 1.46 bits per heavy atom. The smallest absolute Gasteiger partial charge is 0.280 e. The first kappa shape index (κ1) is 7.78. The van der Waals surface area contributed by atoms with Crippen molar-refractivity contribution in [3.63, 3.8) is 0 Å². The molecule has 68 valence electrons. The van der Waals surface area contributed by atoms with Crippen LogP contribution in [0.2, 0.25) is 0 Å². The largest absolute Gasteiger partial charge is 0.369 e. The molecule has 2 aromatic heterocycles. The van der Waals surface area contributed by atoms with E-state index in [-0.39, 0.29) is 11.5 Å². The normalized spacial score (nSPS) is 10.9. The number of aryl methyl sites for hydroxylation is 1. The number of fused-ring (bicyclic) bond motifs is 1. The van der Waals surface area contributed by atoms with Crippen LogP contribution in [0.5, 0.6) is 0 Å². The highest BCUT2D eigenvalue weighted by atomic mass is 16.1. The van der Waals surface area contributed by atoms with E-state index in [2.05, 4.69) is 10.1 Å². The Balaban J connectivity index is 3.06. The van der Waals surface area contributed by atoms with E-state index in [4.69, 9.17) is 5.73 Å². The number of hydrogen-bond acceptors (Lipinski definition) is 4. The molecule has 0 aromatic carbocycles. The van der Waals surface area contributed by atoms with Gasteiger partial charge in [0.05, 0.1) is 6.20 Å². The summed E-state index contributed by atoms with van der Waals surface area (Å²) in [5.74, 6) is 0.200. The van der Waals surface area contributed by atoms with Crippen molar-refractivity contribution < 1.29 is 0 Å². The summed E-state index contributed by atoms with van der Waals surface area (Å²) in [6.45, 7) is 0. The van der Waals surface area contributed by atoms with Crippen molar-refractivity contribution >= 4 is 17.0 Å². The first-order valence-corrected chi connectivity index (χ1v) is 3.75. The number of nitrogens with zero attached hydrogens (tertiary/aromatic N) is 4. The zero-order valence-electron chi connectivity index (χ0n) is 7.35. The summed E-state index contributed by atoms with van der Waals surface area (Å²) < 4.78 is 2.79. The van der Waals surface area contributed by atoms with Crippen LogP contribution in [0.15, 0.2) is 11.0 Å². The maximum Gasteiger partial charge on any atom is 0.280 e. The number of nitrogen functional groups attached to an aromatic ring is 1. The summed E-state index contributed by atoms with van der Waals surface area (Å²) in [5, 5.41) is 3.92. The van der Waals surface area contributed by atoms with Crippen LogP contribution in [0.25, 0.3) is 11.0 Å². The molecule has 0 atom stereocenters. The molecule has 0 aliphatic rings. The molecule has 0 spiro atoms. The summed E-state index contributed by atoms with van der Waals surface area (Å²) in [6.07, 6.45) is 1.52. The topological polar surface area (TPSA) is 78.7 Å². The molecule has 13 heavy (non-hydrogen) atoms. The minimum absolute atomic E-state index is 0.178. The van der Waals surface area contributed by atoms with Crippen LogP contribution in [0.4, 0.5) is 5.95 Å². The second-order valence-corrected chi connectivity index (χ2v) is 2.84. The number of anilines is 1. The van der Waals surface area contributed by atoms with E-state index in [9.17, 15) is 4.79 Å². The zero-order valence-corrected chi connectivity index (χ0v) is 7.35. The van der Waals surface area contributed by atoms with Gasteiger partial charge in [0, 0.05) is 14.1 Å². The highest BCUT2D eigenvalue weighted by Gasteiger charge is 2.08. The lowest BCUT2D eigenvalue weighted by Crippen LogP contribution is -2.22. The van der Waals surface area contributed by atoms with Crippen LogP contribution >= 0.6 is 0 Å². The lowest BCUT2D eigenvalue weighted by atomic mass is 10.4. The van der Waals surface area contributed by atoms with Gasteiger partial charge in [-0.15, -0.1) is 0 Å². The van der Waals surface area contributed by atoms with E-state index in [1.807, 2.05) is 0 Å². The van der Waals surface area contributed by atoms with Gasteiger partial charge in [0.1, 0.15) is 5.52 Å². The molecule has 0 aliphatic heterocycles. The zero-order chi connectivity index (χ0) is 9.59. The summed E-state index contributed by atoms with van der Waals surface area (Å²) in [4.78, 5) is 15.6. The predicted molar refractivity (Wildman–Crippen MR) is 48.2 cm³/mol. The van der Waals surface area contributed by atoms with Crippen LogP contribution in [-0.2, 0) is 14.1 Å². The lowest BCUT2D eigenvalue weighted by Gasteiger charge is -2.01. The molecule has 0 radical (unpaired) electrons. The Morgan fingerprint density at radius 3 is 2.85 bits per heavy atom. The van der Waals surface area contributed by atoms with Crippen molar-refractivity contribution in [1.82, 2.24) is 19.3 Å². The van der Waals surface area contributed by atoms with Crippen LogP contribution in [0.1, 0.15) is 0 Å². The fourth-order valence-corrected chi connectivity index (χ4v) is 1.22. The SMILES string of the molecule is Cn1c(N)nc2cnn(C)c2c1=O. The van der Waals surface area contributed by atoms with Gasteiger partial charge in [0.25, 0.3) is 5.56 Å². The maximum absolute atomic E-state index is 11.6. The number of hydrogen-bond donors (Lipinski definition) is 1. The number of nitrogens with two attached hydrogens (primary N) is 1. The first-order valence-electron chi connectivity index (χ1n) is 3.75. The number of aromatic nitrogens is 4. The summed E-state index contributed by atoms with van der Waals surface area (Å²) in [7, 11) is 3.28.